The number of hydrogen-bond acceptors (Lipinski definition) is 2. The van der Waals surface area contributed by atoms with Gasteiger partial charge in [-0.2, -0.15) is 0 Å². The van der Waals surface area contributed by atoms with E-state index in [1.54, 1.807) is 0 Å². The van der Waals surface area contributed by atoms with Gasteiger partial charge in [0.1, 0.15) is 0 Å². The summed E-state index contributed by atoms with van der Waals surface area (Å²) in [5.74, 6) is 0. The third-order valence-corrected chi connectivity index (χ3v) is 0.430. The van der Waals surface area contributed by atoms with Crippen LogP contribution < -0.4 is 0 Å². The predicted octanol–water partition coefficient (Wildman–Crippen LogP) is 1.51. The van der Waals surface area contributed by atoms with Crippen molar-refractivity contribution in [3.8, 4) is 0 Å². The first kappa shape index (κ1) is 10.5. The van der Waals surface area contributed by atoms with Crippen LogP contribution in [-0.4, -0.2) is 17.9 Å². The second-order valence-electron chi connectivity index (χ2n) is 1.11. The summed E-state index contributed by atoms with van der Waals surface area (Å²) in [5.41, 5.74) is 0. The van der Waals surface area contributed by atoms with Gasteiger partial charge in [0.05, 0.1) is 6.61 Å². The van der Waals surface area contributed by atoms with Crippen molar-refractivity contribution in [2.24, 2.45) is 0 Å². The molecule has 4 heteroatoms. The first-order chi connectivity index (χ1) is 3.27. The molecule has 50 valence electrons. The third kappa shape index (κ3) is 9.12. The van der Waals surface area contributed by atoms with Crippen LogP contribution in [0, 0.1) is 0 Å². The molecule has 0 amide bonds. The zero-order valence-corrected chi connectivity index (χ0v) is 5.40. The second kappa shape index (κ2) is 6.56. The fourth-order valence-electron chi connectivity index (χ4n) is 0.189. The minimum absolute atomic E-state index is 0. The summed E-state index contributed by atoms with van der Waals surface area (Å²) in [6, 6.07) is 0. The van der Waals surface area contributed by atoms with E-state index in [9.17, 15) is 4.79 Å². The summed E-state index contributed by atoms with van der Waals surface area (Å²) in [6.07, 6.45) is -0.450. The van der Waals surface area contributed by atoms with E-state index in [2.05, 4.69) is 4.74 Å². The molecule has 3 nitrogen and oxygen atoms in total. The van der Waals surface area contributed by atoms with Crippen molar-refractivity contribution in [3.05, 3.63) is 0 Å². The van der Waals surface area contributed by atoms with Crippen molar-refractivity contribution in [1.29, 1.82) is 0 Å². The average molecular weight is 141 g/mol. The van der Waals surface area contributed by atoms with Crippen LogP contribution in [0.3, 0.4) is 0 Å². The molecule has 0 saturated heterocycles. The van der Waals surface area contributed by atoms with Gasteiger partial charge in [-0.3, -0.25) is 0 Å². The molecule has 0 radical (unpaired) electrons. The molecule has 0 fully saturated rings. The van der Waals surface area contributed by atoms with Crippen LogP contribution in [0.2, 0.25) is 0 Å². The van der Waals surface area contributed by atoms with Crippen LogP contribution in [0.25, 0.3) is 0 Å². The molecule has 0 aliphatic heterocycles. The predicted molar refractivity (Wildman–Crippen MR) is 31.5 cm³/mol. The number of ether oxygens (including phenoxy) is 1. The van der Waals surface area contributed by atoms with Crippen LogP contribution in [0.5, 0.6) is 0 Å². The highest BCUT2D eigenvalue weighted by molar-refractivity contribution is 5.85. The molecule has 0 aromatic heterocycles. The van der Waals surface area contributed by atoms with Gasteiger partial charge in [-0.25, -0.2) is 4.79 Å². The SMILES string of the molecule is CCCOC(=O)O.Cl. The first-order valence-corrected chi connectivity index (χ1v) is 2.13. The Kier molecular flexibility index (Phi) is 8.63. The Hall–Kier alpha value is -0.440. The molecule has 0 aliphatic rings. The molecule has 0 atom stereocenters. The van der Waals surface area contributed by atoms with Gasteiger partial charge < -0.3 is 9.84 Å². The Morgan fingerprint density at radius 1 is 1.75 bits per heavy atom. The van der Waals surface area contributed by atoms with Crippen molar-refractivity contribution < 1.29 is 14.6 Å². The van der Waals surface area contributed by atoms with Gasteiger partial charge >= 0.3 is 6.16 Å². The number of hydrogen-bond donors (Lipinski definition) is 1. The maximum absolute atomic E-state index is 9.54. The topological polar surface area (TPSA) is 46.5 Å². The maximum atomic E-state index is 9.54. The van der Waals surface area contributed by atoms with E-state index in [1.807, 2.05) is 6.92 Å². The number of carboxylic acid groups (broad SMARTS) is 1. The van der Waals surface area contributed by atoms with E-state index >= 15 is 0 Å². The minimum Gasteiger partial charge on any atom is -0.450 e. The minimum atomic E-state index is -1.19. The zero-order chi connectivity index (χ0) is 5.70. The lowest BCUT2D eigenvalue weighted by molar-refractivity contribution is 0.0918. The molecule has 0 aromatic carbocycles. The van der Waals surface area contributed by atoms with Crippen molar-refractivity contribution in [2.45, 2.75) is 13.3 Å². The quantitative estimate of drug-likeness (QED) is 0.592. The molecule has 8 heavy (non-hydrogen) atoms. The Morgan fingerprint density at radius 3 is 2.38 bits per heavy atom. The van der Waals surface area contributed by atoms with E-state index in [-0.39, 0.29) is 12.4 Å². The average Bonchev–Trinajstić information content (AvgIpc) is 1.61. The smallest absolute Gasteiger partial charge is 0.450 e. The molecular weight excluding hydrogens is 131 g/mol. The molecule has 0 heterocycles. The second-order valence-corrected chi connectivity index (χ2v) is 1.11. The fraction of sp³-hybridized carbons (Fsp3) is 0.750. The molecule has 0 unspecified atom stereocenters. The molecule has 0 saturated carbocycles. The summed E-state index contributed by atoms with van der Waals surface area (Å²) in [4.78, 5) is 9.54. The van der Waals surface area contributed by atoms with Crippen molar-refractivity contribution in [2.75, 3.05) is 6.61 Å². The van der Waals surface area contributed by atoms with Gasteiger partial charge in [-0.05, 0) is 6.42 Å². The summed E-state index contributed by atoms with van der Waals surface area (Å²) >= 11 is 0. The number of rotatable bonds is 2. The fourth-order valence-corrected chi connectivity index (χ4v) is 0.189. The summed E-state index contributed by atoms with van der Waals surface area (Å²) in [5, 5.41) is 7.82. The highest BCUT2D eigenvalue weighted by Gasteiger charge is 1.89. The van der Waals surface area contributed by atoms with Gasteiger partial charge in [-0.1, -0.05) is 6.92 Å². The largest absolute Gasteiger partial charge is 0.505 e. The molecule has 1 N–H and O–H groups in total. The Morgan fingerprint density at radius 2 is 2.25 bits per heavy atom. The zero-order valence-electron chi connectivity index (χ0n) is 4.59. The van der Waals surface area contributed by atoms with Crippen LogP contribution >= 0.6 is 12.4 Å². The summed E-state index contributed by atoms with van der Waals surface area (Å²) < 4.78 is 4.11. The molecule has 0 bridgehead atoms. The Bertz CT molecular complexity index is 64.3. The van der Waals surface area contributed by atoms with Crippen LogP contribution in [0.1, 0.15) is 13.3 Å². The van der Waals surface area contributed by atoms with Gasteiger partial charge in [-0.15, -0.1) is 12.4 Å². The number of halogens is 1. The molecule has 0 aromatic rings. The standard InChI is InChI=1S/C4H8O3.ClH/c1-2-3-7-4(5)6;/h2-3H2,1H3,(H,5,6);1H. The lowest BCUT2D eigenvalue weighted by Gasteiger charge is -1.91. The number of carbonyl (C=O) groups is 1. The van der Waals surface area contributed by atoms with Gasteiger partial charge in [0.15, 0.2) is 0 Å². The van der Waals surface area contributed by atoms with Gasteiger partial charge in [0.25, 0.3) is 0 Å². The van der Waals surface area contributed by atoms with Crippen LogP contribution in [-0.2, 0) is 4.74 Å². The Balaban J connectivity index is 0. The molecule has 0 aliphatic carbocycles. The summed E-state index contributed by atoms with van der Waals surface area (Å²) in [6.45, 7) is 2.15. The lowest BCUT2D eigenvalue weighted by atomic mass is 10.5. The van der Waals surface area contributed by atoms with Crippen molar-refractivity contribution in [3.63, 3.8) is 0 Å². The van der Waals surface area contributed by atoms with Crippen LogP contribution in [0.15, 0.2) is 0 Å². The van der Waals surface area contributed by atoms with Gasteiger partial charge in [0, 0.05) is 0 Å². The highest BCUT2D eigenvalue weighted by atomic mass is 35.5. The maximum Gasteiger partial charge on any atom is 0.505 e. The lowest BCUT2D eigenvalue weighted by Crippen LogP contribution is -1.99. The third-order valence-electron chi connectivity index (χ3n) is 0.430. The van der Waals surface area contributed by atoms with Crippen molar-refractivity contribution in [1.82, 2.24) is 0 Å². The molecular formula is C4H9ClO3. The van der Waals surface area contributed by atoms with E-state index < -0.39 is 6.16 Å². The van der Waals surface area contributed by atoms with E-state index in [0.29, 0.717) is 6.61 Å². The van der Waals surface area contributed by atoms with E-state index in [0.717, 1.165) is 6.42 Å². The highest BCUT2D eigenvalue weighted by Crippen LogP contribution is 1.78. The van der Waals surface area contributed by atoms with E-state index in [4.69, 9.17) is 5.11 Å². The molecule has 0 rings (SSSR count). The Labute approximate surface area is 54.1 Å². The van der Waals surface area contributed by atoms with Crippen LogP contribution in [0.4, 0.5) is 4.79 Å². The van der Waals surface area contributed by atoms with E-state index in [1.165, 1.54) is 0 Å². The van der Waals surface area contributed by atoms with Gasteiger partial charge in [0.2, 0.25) is 0 Å². The van der Waals surface area contributed by atoms with Crippen molar-refractivity contribution >= 4 is 18.6 Å². The monoisotopic (exact) mass is 140 g/mol. The molecule has 0 spiro atoms. The first-order valence-electron chi connectivity index (χ1n) is 2.13. The normalized spacial score (nSPS) is 7.12. The summed E-state index contributed by atoms with van der Waals surface area (Å²) in [7, 11) is 0.